The number of phenolic OH excluding ortho intramolecular Hbond substituents is 1. The number of ether oxygens (including phenoxy) is 2. The third-order valence-electron chi connectivity index (χ3n) is 7.02. The molecule has 1 saturated heterocycles. The molecular weight excluding hydrogens is 452 g/mol. The van der Waals surface area contributed by atoms with Crippen molar-refractivity contribution in [2.75, 3.05) is 0 Å². The highest BCUT2D eigenvalue weighted by molar-refractivity contribution is 5.73. The Bertz CT molecular complexity index is 955. The number of phenols is 1. The number of aliphatic hydroxyl groups excluding tert-OH is 3. The summed E-state index contributed by atoms with van der Waals surface area (Å²) in [6.45, 7) is 10.2. The molecule has 194 valence electrons. The molecule has 2 aliphatic rings. The second kappa shape index (κ2) is 11.6. The van der Waals surface area contributed by atoms with Gasteiger partial charge in [0.15, 0.2) is 6.10 Å². The van der Waals surface area contributed by atoms with Crippen LogP contribution in [0.2, 0.25) is 0 Å². The summed E-state index contributed by atoms with van der Waals surface area (Å²) >= 11 is 0. The van der Waals surface area contributed by atoms with Gasteiger partial charge in [-0.1, -0.05) is 43.6 Å². The summed E-state index contributed by atoms with van der Waals surface area (Å²) in [5, 5.41) is 51.4. The Morgan fingerprint density at radius 3 is 2.51 bits per heavy atom. The Morgan fingerprint density at radius 1 is 1.17 bits per heavy atom. The van der Waals surface area contributed by atoms with Crippen LogP contribution in [0.25, 0.3) is 0 Å². The number of unbranched alkanes of at least 4 members (excludes halogenated alkanes) is 2. The van der Waals surface area contributed by atoms with Gasteiger partial charge in [0.25, 0.3) is 0 Å². The van der Waals surface area contributed by atoms with E-state index < -0.39 is 36.7 Å². The van der Waals surface area contributed by atoms with E-state index in [4.69, 9.17) is 9.47 Å². The van der Waals surface area contributed by atoms with E-state index in [0.717, 1.165) is 43.2 Å². The number of aromatic hydroxyl groups is 1. The average molecular weight is 491 g/mol. The van der Waals surface area contributed by atoms with Crippen molar-refractivity contribution in [3.05, 3.63) is 47.1 Å². The lowest BCUT2D eigenvalue weighted by Crippen LogP contribution is -2.61. The van der Waals surface area contributed by atoms with E-state index in [1.165, 1.54) is 5.57 Å². The van der Waals surface area contributed by atoms with Crippen LogP contribution >= 0.6 is 0 Å². The zero-order chi connectivity index (χ0) is 25.9. The predicted molar refractivity (Wildman–Crippen MR) is 130 cm³/mol. The number of aryl methyl sites for hydroxylation is 1. The van der Waals surface area contributed by atoms with E-state index >= 15 is 0 Å². The first-order valence-corrected chi connectivity index (χ1v) is 12.3. The molecule has 0 amide bonds. The molecule has 8 heteroatoms. The van der Waals surface area contributed by atoms with Crippen molar-refractivity contribution in [1.29, 1.82) is 0 Å². The van der Waals surface area contributed by atoms with Gasteiger partial charge in [-0.3, -0.25) is 0 Å². The highest BCUT2D eigenvalue weighted by Gasteiger charge is 2.48. The lowest BCUT2D eigenvalue weighted by Gasteiger charge is -2.39. The van der Waals surface area contributed by atoms with E-state index in [9.17, 15) is 30.3 Å². The number of rotatable bonds is 9. The Labute approximate surface area is 206 Å². The molecule has 1 aliphatic carbocycles. The fourth-order valence-corrected chi connectivity index (χ4v) is 5.00. The molecular formula is C27H38O8. The standard InChI is InChI=1S/C27H38O8/c1-5-6-7-8-16-12-19(28)21(18-11-15(4)9-10-17(18)14(2)3)20(13-16)34-27-24(31)22(29)23(30)25(35-27)26(32)33/h11-13,17-18,22-25,27-31H,2,5-10H2,1,3-4H3,(H,32,33)/t17-,18+,22?,23?,24?,25?,27?/m0/s1. The van der Waals surface area contributed by atoms with E-state index in [1.54, 1.807) is 12.1 Å². The molecule has 5 N–H and O–H groups in total. The van der Waals surface area contributed by atoms with Gasteiger partial charge in [0.2, 0.25) is 6.29 Å². The van der Waals surface area contributed by atoms with Crippen molar-refractivity contribution in [1.82, 2.24) is 0 Å². The normalized spacial score (nSPS) is 31.0. The molecule has 1 aliphatic heterocycles. The van der Waals surface area contributed by atoms with Gasteiger partial charge in [0.1, 0.15) is 29.8 Å². The van der Waals surface area contributed by atoms with E-state index in [-0.39, 0.29) is 23.3 Å². The maximum Gasteiger partial charge on any atom is 0.335 e. The van der Waals surface area contributed by atoms with Gasteiger partial charge in [-0.25, -0.2) is 4.79 Å². The number of aliphatic hydroxyl groups is 3. The lowest BCUT2D eigenvalue weighted by atomic mass is 9.73. The van der Waals surface area contributed by atoms with Gasteiger partial charge in [-0.05, 0) is 63.1 Å². The Balaban J connectivity index is 2.05. The molecule has 0 saturated carbocycles. The maximum absolute atomic E-state index is 11.5. The predicted octanol–water partition coefficient (Wildman–Crippen LogP) is 3.41. The third kappa shape index (κ3) is 6.06. The van der Waals surface area contributed by atoms with Crippen LogP contribution in [-0.4, -0.2) is 62.2 Å². The molecule has 1 aromatic rings. The van der Waals surface area contributed by atoms with E-state index in [0.29, 0.717) is 12.0 Å². The molecule has 0 radical (unpaired) electrons. The minimum absolute atomic E-state index is 0.0388. The number of allylic oxidation sites excluding steroid dienone is 3. The minimum Gasteiger partial charge on any atom is -0.507 e. The first kappa shape index (κ1) is 27.2. The molecule has 0 bridgehead atoms. The summed E-state index contributed by atoms with van der Waals surface area (Å²) in [5.41, 5.74) is 3.47. The molecule has 1 aromatic carbocycles. The first-order chi connectivity index (χ1) is 16.5. The molecule has 5 unspecified atom stereocenters. The van der Waals surface area contributed by atoms with Crippen molar-refractivity contribution in [3.8, 4) is 11.5 Å². The summed E-state index contributed by atoms with van der Waals surface area (Å²) in [5.74, 6) is -1.39. The highest BCUT2D eigenvalue weighted by atomic mass is 16.7. The molecule has 3 rings (SSSR count). The molecule has 0 spiro atoms. The number of carboxylic acids is 1. The fourth-order valence-electron chi connectivity index (χ4n) is 5.00. The largest absolute Gasteiger partial charge is 0.507 e. The van der Waals surface area contributed by atoms with Crippen LogP contribution in [-0.2, 0) is 16.0 Å². The quantitative estimate of drug-likeness (QED) is 0.262. The second-order valence-corrected chi connectivity index (χ2v) is 9.87. The zero-order valence-corrected chi connectivity index (χ0v) is 20.7. The van der Waals surface area contributed by atoms with Crippen LogP contribution in [0.4, 0.5) is 0 Å². The maximum atomic E-state index is 11.5. The summed E-state index contributed by atoms with van der Waals surface area (Å²) in [6, 6.07) is 3.50. The Kier molecular flexibility index (Phi) is 8.99. The summed E-state index contributed by atoms with van der Waals surface area (Å²) in [6.07, 6.45) is -1.09. The number of benzene rings is 1. The van der Waals surface area contributed by atoms with Crippen LogP contribution < -0.4 is 4.74 Å². The molecule has 8 nitrogen and oxygen atoms in total. The van der Waals surface area contributed by atoms with Crippen molar-refractivity contribution in [2.24, 2.45) is 5.92 Å². The first-order valence-electron chi connectivity index (χ1n) is 12.3. The zero-order valence-electron chi connectivity index (χ0n) is 20.7. The molecule has 1 fully saturated rings. The summed E-state index contributed by atoms with van der Waals surface area (Å²) < 4.78 is 11.4. The summed E-state index contributed by atoms with van der Waals surface area (Å²) in [4.78, 5) is 11.5. The van der Waals surface area contributed by atoms with Gasteiger partial charge in [-0.15, -0.1) is 0 Å². The lowest BCUT2D eigenvalue weighted by molar-refractivity contribution is -0.271. The topological polar surface area (TPSA) is 137 Å². The van der Waals surface area contributed by atoms with E-state index in [2.05, 4.69) is 19.6 Å². The van der Waals surface area contributed by atoms with Gasteiger partial charge >= 0.3 is 5.97 Å². The minimum atomic E-state index is -1.81. The smallest absolute Gasteiger partial charge is 0.335 e. The molecule has 35 heavy (non-hydrogen) atoms. The number of carboxylic acid groups (broad SMARTS) is 1. The monoisotopic (exact) mass is 490 g/mol. The van der Waals surface area contributed by atoms with Crippen LogP contribution in [0.1, 0.15) is 69.9 Å². The van der Waals surface area contributed by atoms with Crippen molar-refractivity contribution in [3.63, 3.8) is 0 Å². The van der Waals surface area contributed by atoms with Crippen LogP contribution in [0.3, 0.4) is 0 Å². The molecule has 0 aromatic heterocycles. The summed E-state index contributed by atoms with van der Waals surface area (Å²) in [7, 11) is 0. The molecule has 7 atom stereocenters. The Morgan fingerprint density at radius 2 is 1.89 bits per heavy atom. The van der Waals surface area contributed by atoms with Gasteiger partial charge in [0.05, 0.1) is 0 Å². The molecule has 1 heterocycles. The number of hydrogen-bond donors (Lipinski definition) is 5. The average Bonchev–Trinajstić information content (AvgIpc) is 2.79. The van der Waals surface area contributed by atoms with Crippen LogP contribution in [0.5, 0.6) is 11.5 Å². The van der Waals surface area contributed by atoms with Crippen molar-refractivity contribution < 1.29 is 39.8 Å². The second-order valence-electron chi connectivity index (χ2n) is 9.87. The highest BCUT2D eigenvalue weighted by Crippen LogP contribution is 2.47. The third-order valence-corrected chi connectivity index (χ3v) is 7.02. The fraction of sp³-hybridized carbons (Fsp3) is 0.593. The van der Waals surface area contributed by atoms with Crippen molar-refractivity contribution in [2.45, 2.75) is 95.9 Å². The number of aliphatic carboxylic acids is 1. The van der Waals surface area contributed by atoms with Gasteiger partial charge in [0, 0.05) is 11.5 Å². The number of carbonyl (C=O) groups is 1. The van der Waals surface area contributed by atoms with Crippen molar-refractivity contribution >= 4 is 5.97 Å². The van der Waals surface area contributed by atoms with Crippen LogP contribution in [0.15, 0.2) is 35.9 Å². The van der Waals surface area contributed by atoms with E-state index in [1.807, 2.05) is 13.8 Å². The number of hydrogen-bond acceptors (Lipinski definition) is 7. The Hall–Kier alpha value is -2.39. The van der Waals surface area contributed by atoms with Gasteiger partial charge in [-0.2, -0.15) is 0 Å². The SMILES string of the molecule is C=C(C)[C@@H]1CCC(C)=C[C@H]1c1c(O)cc(CCCCC)cc1OC1OC(C(=O)O)C(O)C(O)C1O. The van der Waals surface area contributed by atoms with Gasteiger partial charge < -0.3 is 35.0 Å². The van der Waals surface area contributed by atoms with Crippen LogP contribution in [0, 0.1) is 5.92 Å².